The maximum Gasteiger partial charge on any atom is 0.101 e. The molecule has 1 heterocycles. The van der Waals surface area contributed by atoms with Gasteiger partial charge in [0.15, 0.2) is 0 Å². The van der Waals surface area contributed by atoms with Gasteiger partial charge in [-0.05, 0) is 72.7 Å². The van der Waals surface area contributed by atoms with Gasteiger partial charge in [0.05, 0.1) is 17.6 Å². The molecule has 138 valence electrons. The van der Waals surface area contributed by atoms with Crippen molar-refractivity contribution in [2.45, 2.75) is 51.0 Å². The molecule has 3 aliphatic rings. The fourth-order valence-corrected chi connectivity index (χ4v) is 4.99. The number of piperidine rings is 1. The van der Waals surface area contributed by atoms with Gasteiger partial charge in [-0.2, -0.15) is 5.26 Å². The maximum atomic E-state index is 9.66. The Morgan fingerprint density at radius 3 is 2.81 bits per heavy atom. The molecular formula is C22H30N4. The Balaban J connectivity index is 1.73. The van der Waals surface area contributed by atoms with Crippen LogP contribution in [-0.4, -0.2) is 49.4 Å². The van der Waals surface area contributed by atoms with Gasteiger partial charge in [-0.3, -0.25) is 4.90 Å². The van der Waals surface area contributed by atoms with E-state index < -0.39 is 0 Å². The fraction of sp³-hybridized carbons (Fsp3) is 0.636. The summed E-state index contributed by atoms with van der Waals surface area (Å²) in [5.74, 6) is 1.57. The van der Waals surface area contributed by atoms with Crippen LogP contribution in [0.15, 0.2) is 17.1 Å². The minimum Gasteiger partial charge on any atom is -0.369 e. The van der Waals surface area contributed by atoms with Crippen LogP contribution in [0.5, 0.6) is 0 Å². The summed E-state index contributed by atoms with van der Waals surface area (Å²) in [7, 11) is 3.91. The van der Waals surface area contributed by atoms with Gasteiger partial charge >= 0.3 is 0 Å². The lowest BCUT2D eigenvalue weighted by Crippen LogP contribution is -2.58. The van der Waals surface area contributed by atoms with Crippen LogP contribution in [0.4, 0.5) is 5.69 Å². The van der Waals surface area contributed by atoms with Gasteiger partial charge in [-0.1, -0.05) is 13.8 Å². The molecule has 4 nitrogen and oxygen atoms in total. The molecule has 2 fully saturated rings. The zero-order valence-corrected chi connectivity index (χ0v) is 16.5. The summed E-state index contributed by atoms with van der Waals surface area (Å²) >= 11 is 0. The van der Waals surface area contributed by atoms with E-state index in [0.29, 0.717) is 17.5 Å². The van der Waals surface area contributed by atoms with Crippen LogP contribution < -0.4 is 0 Å². The monoisotopic (exact) mass is 350 g/mol. The molecule has 0 radical (unpaired) electrons. The summed E-state index contributed by atoms with van der Waals surface area (Å²) in [6, 6.07) is 7.33. The molecular weight excluding hydrogens is 320 g/mol. The van der Waals surface area contributed by atoms with Gasteiger partial charge < -0.3 is 4.90 Å². The van der Waals surface area contributed by atoms with Crippen LogP contribution in [0.3, 0.4) is 0 Å². The van der Waals surface area contributed by atoms with Crippen molar-refractivity contribution in [3.8, 4) is 6.07 Å². The predicted molar refractivity (Wildman–Crippen MR) is 106 cm³/mol. The van der Waals surface area contributed by atoms with E-state index in [1.165, 1.54) is 43.5 Å². The van der Waals surface area contributed by atoms with Crippen molar-refractivity contribution in [2.24, 2.45) is 16.8 Å². The molecule has 1 saturated heterocycles. The molecule has 0 aromatic heterocycles. The molecule has 26 heavy (non-hydrogen) atoms. The Morgan fingerprint density at radius 2 is 2.15 bits per heavy atom. The van der Waals surface area contributed by atoms with Crippen LogP contribution in [0.2, 0.25) is 0 Å². The zero-order chi connectivity index (χ0) is 18.5. The van der Waals surface area contributed by atoms with E-state index >= 15 is 0 Å². The highest BCUT2D eigenvalue weighted by Crippen LogP contribution is 2.50. The first-order chi connectivity index (χ1) is 12.4. The third-order valence-electron chi connectivity index (χ3n) is 6.97. The second-order valence-electron chi connectivity index (χ2n) is 9.01. The number of fused-ring (bicyclic) bond motifs is 4. The number of rotatable bonds is 4. The van der Waals surface area contributed by atoms with Crippen LogP contribution in [0.25, 0.3) is 0 Å². The number of nitriles is 1. The maximum absolute atomic E-state index is 9.66. The van der Waals surface area contributed by atoms with E-state index in [1.54, 1.807) is 6.34 Å². The Hall–Kier alpha value is -1.86. The first kappa shape index (κ1) is 17.5. The third-order valence-corrected chi connectivity index (χ3v) is 6.97. The fourth-order valence-electron chi connectivity index (χ4n) is 4.99. The van der Waals surface area contributed by atoms with Crippen molar-refractivity contribution in [1.82, 2.24) is 9.80 Å². The predicted octanol–water partition coefficient (Wildman–Crippen LogP) is 3.71. The number of nitrogens with zero attached hydrogens (tertiary/aromatic N) is 4. The first-order valence-electron chi connectivity index (χ1n) is 9.94. The summed E-state index contributed by atoms with van der Waals surface area (Å²) in [5, 5.41) is 9.66. The molecule has 4 heteroatoms. The van der Waals surface area contributed by atoms with Crippen molar-refractivity contribution < 1.29 is 0 Å². The van der Waals surface area contributed by atoms with E-state index in [2.05, 4.69) is 41.9 Å². The molecule has 1 saturated carbocycles. The first-order valence-corrected chi connectivity index (χ1v) is 9.94. The average molecular weight is 351 g/mol. The lowest BCUT2D eigenvalue weighted by molar-refractivity contribution is 0.0284. The van der Waals surface area contributed by atoms with Crippen molar-refractivity contribution in [2.75, 3.05) is 27.2 Å². The van der Waals surface area contributed by atoms with E-state index in [-0.39, 0.29) is 5.41 Å². The molecule has 4 rings (SSSR count). The van der Waals surface area contributed by atoms with Crippen molar-refractivity contribution in [3.63, 3.8) is 0 Å². The Kier molecular flexibility index (Phi) is 4.31. The summed E-state index contributed by atoms with van der Waals surface area (Å²) in [5.41, 5.74) is 4.49. The topological polar surface area (TPSA) is 42.6 Å². The minimum atomic E-state index is 0.174. The highest BCUT2D eigenvalue weighted by Gasteiger charge is 2.49. The van der Waals surface area contributed by atoms with Crippen LogP contribution in [0.1, 0.15) is 49.8 Å². The van der Waals surface area contributed by atoms with Gasteiger partial charge in [-0.15, -0.1) is 0 Å². The molecule has 1 aromatic carbocycles. The largest absolute Gasteiger partial charge is 0.369 e. The smallest absolute Gasteiger partial charge is 0.101 e. The standard InChI is InChI=1S/C22H30N4/c1-15-21-11-17-10-20(24-14-25(3)4)18(12-23)9-19(17)22(15,2)7-8-26(21)13-16-5-6-16/h9-10,14-16,21H,5-8,11,13H2,1-4H3. The summed E-state index contributed by atoms with van der Waals surface area (Å²) in [6.45, 7) is 7.32. The lowest BCUT2D eigenvalue weighted by atomic mass is 9.58. The van der Waals surface area contributed by atoms with Crippen LogP contribution >= 0.6 is 0 Å². The molecule has 0 amide bonds. The van der Waals surface area contributed by atoms with Gasteiger partial charge in [0, 0.05) is 26.7 Å². The Bertz CT molecular complexity index is 771. The lowest BCUT2D eigenvalue weighted by Gasteiger charge is -2.55. The summed E-state index contributed by atoms with van der Waals surface area (Å²) in [4.78, 5) is 9.23. The Labute approximate surface area is 157 Å². The molecule has 2 aliphatic carbocycles. The van der Waals surface area contributed by atoms with E-state index in [1.807, 2.05) is 19.0 Å². The summed E-state index contributed by atoms with van der Waals surface area (Å²) in [6.07, 6.45) is 6.90. The van der Waals surface area contributed by atoms with Crippen LogP contribution in [-0.2, 0) is 11.8 Å². The zero-order valence-electron chi connectivity index (χ0n) is 16.5. The van der Waals surface area contributed by atoms with Gasteiger partial charge in [0.2, 0.25) is 0 Å². The van der Waals surface area contributed by atoms with E-state index in [0.717, 1.165) is 18.0 Å². The van der Waals surface area contributed by atoms with E-state index in [9.17, 15) is 5.26 Å². The number of aliphatic imine (C=N–C) groups is 1. The van der Waals surface area contributed by atoms with Gasteiger partial charge in [0.1, 0.15) is 6.07 Å². The van der Waals surface area contributed by atoms with Gasteiger partial charge in [-0.25, -0.2) is 4.99 Å². The average Bonchev–Trinajstić information content (AvgIpc) is 3.42. The van der Waals surface area contributed by atoms with Crippen molar-refractivity contribution in [1.29, 1.82) is 5.26 Å². The number of hydrogen-bond donors (Lipinski definition) is 0. The molecule has 3 atom stereocenters. The van der Waals surface area contributed by atoms with Crippen LogP contribution in [0, 0.1) is 23.2 Å². The molecule has 1 aliphatic heterocycles. The SMILES string of the molecule is CC1C2Cc3cc(N=CN(C)C)c(C#N)cc3C1(C)CCN2CC1CC1. The number of benzene rings is 1. The minimum absolute atomic E-state index is 0.174. The quantitative estimate of drug-likeness (QED) is 0.614. The van der Waals surface area contributed by atoms with Crippen molar-refractivity contribution >= 4 is 12.0 Å². The molecule has 2 bridgehead atoms. The normalized spacial score (nSPS) is 30.9. The molecule has 3 unspecified atom stereocenters. The molecule has 1 aromatic rings. The second kappa shape index (κ2) is 6.39. The Morgan fingerprint density at radius 1 is 1.38 bits per heavy atom. The van der Waals surface area contributed by atoms with Gasteiger partial charge in [0.25, 0.3) is 0 Å². The molecule has 0 N–H and O–H groups in total. The number of hydrogen-bond acceptors (Lipinski definition) is 3. The molecule has 0 spiro atoms. The van der Waals surface area contributed by atoms with Crippen molar-refractivity contribution in [3.05, 3.63) is 28.8 Å². The second-order valence-corrected chi connectivity index (χ2v) is 9.01. The van der Waals surface area contributed by atoms with E-state index in [4.69, 9.17) is 0 Å². The summed E-state index contributed by atoms with van der Waals surface area (Å²) < 4.78 is 0. The highest BCUT2D eigenvalue weighted by molar-refractivity contribution is 5.67. The third kappa shape index (κ3) is 2.93. The number of likely N-dealkylation sites (tertiary alicyclic amines) is 1. The highest BCUT2D eigenvalue weighted by atomic mass is 15.2.